The number of carbonyl (C=O) groups is 2. The van der Waals surface area contributed by atoms with Crippen LogP contribution in [0.3, 0.4) is 0 Å². The molecule has 1 amide bonds. The van der Waals surface area contributed by atoms with Crippen LogP contribution in [0.4, 0.5) is 0 Å². The molecule has 1 saturated heterocycles. The second-order valence-electron chi connectivity index (χ2n) is 7.50. The third-order valence-electron chi connectivity index (χ3n) is 5.08. The van der Waals surface area contributed by atoms with Crippen LogP contribution in [0.25, 0.3) is 0 Å². The number of carbonyl (C=O) groups excluding carboxylic acids is 1. The van der Waals surface area contributed by atoms with E-state index in [1.807, 2.05) is 0 Å². The Morgan fingerprint density at radius 2 is 1.64 bits per heavy atom. The van der Waals surface area contributed by atoms with Crippen LogP contribution in [-0.2, 0) is 10.4 Å². The van der Waals surface area contributed by atoms with E-state index in [0.717, 1.165) is 5.56 Å². The molecule has 0 aliphatic carbocycles. The van der Waals surface area contributed by atoms with E-state index in [0.29, 0.717) is 37.2 Å². The summed E-state index contributed by atoms with van der Waals surface area (Å²) in [4.78, 5) is 29.4. The molecule has 1 aromatic carbocycles. The molecule has 0 radical (unpaired) electrons. The minimum atomic E-state index is -1.34. The van der Waals surface area contributed by atoms with Crippen molar-refractivity contribution in [1.29, 1.82) is 0 Å². The molecule has 28 heavy (non-hydrogen) atoms. The Morgan fingerprint density at radius 1 is 1.07 bits per heavy atom. The Balaban J connectivity index is 1.65. The summed E-state index contributed by atoms with van der Waals surface area (Å²) < 4.78 is 5.50. The van der Waals surface area contributed by atoms with E-state index in [9.17, 15) is 14.7 Å². The topological polar surface area (TPSA) is 100.0 Å². The molecule has 0 bridgehead atoms. The number of aliphatic carboxylic acids is 1. The van der Waals surface area contributed by atoms with E-state index in [4.69, 9.17) is 9.84 Å². The highest BCUT2D eigenvalue weighted by Gasteiger charge is 2.36. The van der Waals surface area contributed by atoms with E-state index in [1.54, 1.807) is 53.7 Å². The minimum absolute atomic E-state index is 0.0656. The van der Waals surface area contributed by atoms with E-state index < -0.39 is 17.2 Å². The number of ether oxygens (including phenoxy) is 1. The minimum Gasteiger partial charge on any atom is -0.478 e. The molecule has 1 aromatic heterocycles. The second-order valence-corrected chi connectivity index (χ2v) is 7.50. The Bertz CT molecular complexity index is 841. The molecule has 1 aliphatic heterocycles. The number of piperidine rings is 1. The van der Waals surface area contributed by atoms with Crippen LogP contribution in [0.5, 0.6) is 5.75 Å². The molecule has 3 rings (SSSR count). The van der Waals surface area contributed by atoms with E-state index in [1.165, 1.54) is 13.8 Å². The first-order valence-corrected chi connectivity index (χ1v) is 9.16. The van der Waals surface area contributed by atoms with Crippen LogP contribution in [0, 0.1) is 0 Å². The lowest BCUT2D eigenvalue weighted by Gasteiger charge is -2.38. The number of likely N-dealkylation sites (tertiary alicyclic amines) is 1. The quantitative estimate of drug-likeness (QED) is 0.821. The van der Waals surface area contributed by atoms with Gasteiger partial charge in [-0.25, -0.2) is 4.79 Å². The van der Waals surface area contributed by atoms with Gasteiger partial charge in [-0.15, -0.1) is 0 Å². The zero-order valence-corrected chi connectivity index (χ0v) is 16.0. The molecular weight excluding hydrogens is 360 g/mol. The normalized spacial score (nSPS) is 16.5. The lowest BCUT2D eigenvalue weighted by molar-refractivity contribution is -0.152. The summed E-state index contributed by atoms with van der Waals surface area (Å²) in [6.45, 7) is 3.85. The van der Waals surface area contributed by atoms with Crippen molar-refractivity contribution in [2.24, 2.45) is 0 Å². The maximum absolute atomic E-state index is 12.5. The number of carboxylic acid groups (broad SMARTS) is 1. The molecule has 2 N–H and O–H groups in total. The third kappa shape index (κ3) is 4.14. The number of pyridine rings is 1. The summed E-state index contributed by atoms with van der Waals surface area (Å²) >= 11 is 0. The second kappa shape index (κ2) is 7.59. The number of amides is 1. The smallest absolute Gasteiger partial charge is 0.347 e. The number of benzene rings is 1. The fourth-order valence-corrected chi connectivity index (χ4v) is 3.22. The Morgan fingerprint density at radius 3 is 2.18 bits per heavy atom. The molecule has 148 valence electrons. The zero-order chi connectivity index (χ0) is 20.4. The Labute approximate surface area is 163 Å². The molecule has 0 saturated carbocycles. The largest absolute Gasteiger partial charge is 0.478 e. The van der Waals surface area contributed by atoms with Gasteiger partial charge in [-0.1, -0.05) is 12.1 Å². The molecule has 7 nitrogen and oxygen atoms in total. The summed E-state index contributed by atoms with van der Waals surface area (Å²) in [5, 5.41) is 20.2. The summed E-state index contributed by atoms with van der Waals surface area (Å²) in [5.74, 6) is -0.699. The first-order chi connectivity index (χ1) is 13.2. The third-order valence-corrected chi connectivity index (χ3v) is 5.08. The molecule has 0 unspecified atom stereocenters. The highest BCUT2D eigenvalue weighted by atomic mass is 16.5. The lowest BCUT2D eigenvalue weighted by atomic mass is 9.84. The van der Waals surface area contributed by atoms with Crippen LogP contribution in [-0.4, -0.2) is 50.7 Å². The molecule has 1 fully saturated rings. The highest BCUT2D eigenvalue weighted by Crippen LogP contribution is 2.34. The van der Waals surface area contributed by atoms with Gasteiger partial charge in [-0.3, -0.25) is 9.78 Å². The first kappa shape index (κ1) is 19.8. The maximum atomic E-state index is 12.5. The molecular formula is C21H24N2O5. The summed E-state index contributed by atoms with van der Waals surface area (Å²) in [7, 11) is 0. The van der Waals surface area contributed by atoms with Crippen molar-refractivity contribution < 1.29 is 24.5 Å². The number of hydrogen-bond acceptors (Lipinski definition) is 5. The number of hydrogen-bond donors (Lipinski definition) is 2. The fourth-order valence-electron chi connectivity index (χ4n) is 3.22. The van der Waals surface area contributed by atoms with Crippen LogP contribution >= 0.6 is 0 Å². The van der Waals surface area contributed by atoms with Gasteiger partial charge in [0.25, 0.3) is 5.91 Å². The number of nitrogens with zero attached hydrogens (tertiary/aromatic N) is 2. The van der Waals surface area contributed by atoms with Crippen LogP contribution in [0.2, 0.25) is 0 Å². The Kier molecular flexibility index (Phi) is 5.38. The standard InChI is InChI=1S/C21H24N2O5/c1-20(2,19(25)26)28-17-5-3-16(4-6-17)21(27)9-13-23(14-10-21)18(24)15-7-11-22-12-8-15/h3-8,11-12,27H,9-10,13-14H2,1-2H3,(H,25,26). The van der Waals surface area contributed by atoms with Gasteiger partial charge in [0, 0.05) is 31.0 Å². The molecule has 2 heterocycles. The van der Waals surface area contributed by atoms with Gasteiger partial charge in [-0.05, 0) is 56.5 Å². The average Bonchev–Trinajstić information content (AvgIpc) is 2.69. The predicted octanol–water partition coefficient (Wildman–Crippen LogP) is 2.45. The van der Waals surface area contributed by atoms with Crippen molar-refractivity contribution in [1.82, 2.24) is 9.88 Å². The van der Waals surface area contributed by atoms with Gasteiger partial charge in [0.1, 0.15) is 5.75 Å². The maximum Gasteiger partial charge on any atom is 0.347 e. The highest BCUT2D eigenvalue weighted by molar-refractivity contribution is 5.94. The van der Waals surface area contributed by atoms with Gasteiger partial charge in [0.15, 0.2) is 5.60 Å². The molecule has 7 heteroatoms. The predicted molar refractivity (Wildman–Crippen MR) is 102 cm³/mol. The van der Waals surface area contributed by atoms with Crippen molar-refractivity contribution in [3.8, 4) is 5.75 Å². The van der Waals surface area contributed by atoms with Crippen LogP contribution in [0.15, 0.2) is 48.8 Å². The summed E-state index contributed by atoms with van der Waals surface area (Å²) in [6, 6.07) is 10.2. The molecule has 0 spiro atoms. The summed E-state index contributed by atoms with van der Waals surface area (Å²) in [5.41, 5.74) is -1.06. The van der Waals surface area contributed by atoms with E-state index in [-0.39, 0.29) is 5.91 Å². The molecule has 0 atom stereocenters. The SMILES string of the molecule is CC(C)(Oc1ccc(C2(O)CCN(C(=O)c3ccncc3)CC2)cc1)C(=O)O. The van der Waals surface area contributed by atoms with E-state index >= 15 is 0 Å². The average molecular weight is 384 g/mol. The van der Waals surface area contributed by atoms with Gasteiger partial charge >= 0.3 is 5.97 Å². The number of rotatable bonds is 5. The van der Waals surface area contributed by atoms with Crippen molar-refractivity contribution in [2.45, 2.75) is 37.9 Å². The number of aliphatic hydroxyl groups is 1. The molecule has 1 aliphatic rings. The van der Waals surface area contributed by atoms with E-state index in [2.05, 4.69) is 4.98 Å². The number of aromatic nitrogens is 1. The van der Waals surface area contributed by atoms with Crippen molar-refractivity contribution >= 4 is 11.9 Å². The van der Waals surface area contributed by atoms with Crippen molar-refractivity contribution in [3.63, 3.8) is 0 Å². The first-order valence-electron chi connectivity index (χ1n) is 9.16. The lowest BCUT2D eigenvalue weighted by Crippen LogP contribution is -2.45. The van der Waals surface area contributed by atoms with Gasteiger partial charge in [-0.2, -0.15) is 0 Å². The van der Waals surface area contributed by atoms with Crippen LogP contribution in [0.1, 0.15) is 42.6 Å². The Hall–Kier alpha value is -2.93. The van der Waals surface area contributed by atoms with Gasteiger partial charge in [0.05, 0.1) is 5.60 Å². The zero-order valence-electron chi connectivity index (χ0n) is 16.0. The van der Waals surface area contributed by atoms with Gasteiger partial charge in [0.2, 0.25) is 0 Å². The fraction of sp³-hybridized carbons (Fsp3) is 0.381. The van der Waals surface area contributed by atoms with Crippen molar-refractivity contribution in [3.05, 3.63) is 59.9 Å². The number of carboxylic acids is 1. The summed E-state index contributed by atoms with van der Waals surface area (Å²) in [6.07, 6.45) is 4.01. The van der Waals surface area contributed by atoms with Gasteiger partial charge < -0.3 is 19.8 Å². The monoisotopic (exact) mass is 384 g/mol. The molecule has 2 aromatic rings. The van der Waals surface area contributed by atoms with Crippen LogP contribution < -0.4 is 4.74 Å². The van der Waals surface area contributed by atoms with Crippen molar-refractivity contribution in [2.75, 3.05) is 13.1 Å².